The fraction of sp³-hybridized carbons (Fsp3) is 0. The molecule has 0 spiro atoms. The monoisotopic (exact) mass is 633 g/mol. The first-order valence-corrected chi connectivity index (χ1v) is 15.4. The molecule has 0 fully saturated rings. The molecule has 0 saturated carbocycles. The Morgan fingerprint density at radius 3 is 1.57 bits per heavy atom. The topological polar surface area (TPSA) is 31.4 Å². The van der Waals surface area contributed by atoms with Gasteiger partial charge in [-0.05, 0) is 43.8 Å². The molecule has 46 heavy (non-hydrogen) atoms. The Kier molecular flexibility index (Phi) is 2.51. The van der Waals surface area contributed by atoms with Crippen molar-refractivity contribution in [2.24, 2.45) is 0 Å². The zero-order valence-corrected chi connectivity index (χ0v) is 23.8. The molecule has 0 N–H and O–H groups in total. The van der Waals surface area contributed by atoms with Crippen LogP contribution in [0.15, 0.2) is 169 Å². The highest BCUT2D eigenvalue weighted by molar-refractivity contribution is 7.20. The van der Waals surface area contributed by atoms with Crippen LogP contribution in [0.4, 0.5) is 0 Å². The first-order valence-electron chi connectivity index (χ1n) is 27.4. The first kappa shape index (κ1) is 10.7. The van der Waals surface area contributed by atoms with E-state index in [2.05, 4.69) is 4.98 Å². The van der Waals surface area contributed by atoms with Crippen LogP contribution < -0.4 is 46.6 Å². The summed E-state index contributed by atoms with van der Waals surface area (Å²) in [4.78, 5) is 4.52. The Bertz CT molecular complexity index is 3540. The highest BCUT2D eigenvalue weighted by Crippen LogP contribution is 2.36. The lowest BCUT2D eigenvalue weighted by molar-refractivity contribution is 0.451. The van der Waals surface area contributed by atoms with Crippen LogP contribution in [0, 0.1) is 0 Å². The van der Waals surface area contributed by atoms with Crippen LogP contribution in [-0.2, 0) is 0 Å². The molecule has 9 rings (SSSR count). The Labute approximate surface area is 309 Å². The van der Waals surface area contributed by atoms with Crippen molar-refractivity contribution in [1.29, 1.82) is 0 Å². The van der Waals surface area contributed by atoms with Gasteiger partial charge in [0.25, 0.3) is 6.71 Å². The maximum atomic E-state index is 9.91. The summed E-state index contributed by atoms with van der Waals surface area (Å²) in [5, 5.41) is -4.61. The van der Waals surface area contributed by atoms with Crippen molar-refractivity contribution in [2.75, 3.05) is 0 Å². The largest absolute Gasteiger partial charge is 0.458 e. The summed E-state index contributed by atoms with van der Waals surface area (Å²) < 4.78 is 266. The zero-order chi connectivity index (χ0) is 54.9. The van der Waals surface area contributed by atoms with Crippen molar-refractivity contribution in [3.05, 3.63) is 169 Å². The van der Waals surface area contributed by atoms with Crippen LogP contribution in [0.1, 0.15) is 38.4 Å². The van der Waals surface area contributed by atoms with Gasteiger partial charge in [-0.2, -0.15) is 0 Å². The predicted molar refractivity (Wildman–Crippen MR) is 191 cm³/mol. The van der Waals surface area contributed by atoms with Crippen molar-refractivity contribution >= 4 is 51.9 Å². The van der Waals surface area contributed by atoms with Crippen LogP contribution in [0.3, 0.4) is 0 Å². The van der Waals surface area contributed by atoms with E-state index in [1.165, 1.54) is 0 Å². The van der Waals surface area contributed by atoms with Gasteiger partial charge in [0, 0.05) is 17.1 Å². The van der Waals surface area contributed by atoms with E-state index in [1.54, 1.807) is 0 Å². The van der Waals surface area contributed by atoms with Crippen molar-refractivity contribution in [1.82, 2.24) is 4.98 Å². The SMILES string of the molecule is [2H]c1c([2H])c([2H])c([Si](c2c([2H])c([2H])c([2H])c([2H])c2[2H])(c2c([2H])c([2H])c([2H])c([2H])c2[2H])c2c([2H])c([2H])c([2H])c([2H])c2-c2nc3c4c(c2[2H])Oc2c([2H])c([2H])c([2H])c([2H])c2B4c2c([2H])c([2H])c([2H])c([2H])c2O3)c([2H])c1[2H]. The van der Waals surface area contributed by atoms with E-state index < -0.39 is 255 Å². The number of fused-ring (bicyclic) bond motifs is 4. The molecular weight excluding hydrogens is 577 g/mol. The van der Waals surface area contributed by atoms with Gasteiger partial charge in [0.1, 0.15) is 17.2 Å². The summed E-state index contributed by atoms with van der Waals surface area (Å²) in [6.07, 6.45) is 0. The minimum Gasteiger partial charge on any atom is -0.458 e. The quantitative estimate of drug-likeness (QED) is 0.201. The molecule has 0 aliphatic carbocycles. The second-order valence-corrected chi connectivity index (χ2v) is 13.3. The van der Waals surface area contributed by atoms with Crippen LogP contribution in [0.2, 0.25) is 0 Å². The van der Waals surface area contributed by atoms with Crippen LogP contribution in [0.25, 0.3) is 11.3 Å². The molecule has 2 aliphatic rings. The number of hydrogen-bond donors (Lipinski definition) is 0. The van der Waals surface area contributed by atoms with Gasteiger partial charge in [-0.15, -0.1) is 0 Å². The minimum atomic E-state index is -6.45. The normalized spacial score (nSPS) is 21.2. The lowest BCUT2D eigenvalue weighted by Gasteiger charge is -2.36. The predicted octanol–water partition coefficient (Wildman–Crippen LogP) is 4.85. The van der Waals surface area contributed by atoms with Crippen molar-refractivity contribution in [3.63, 3.8) is 0 Å². The lowest BCUT2D eigenvalue weighted by Crippen LogP contribution is -2.75. The lowest BCUT2D eigenvalue weighted by atomic mass is 9.35. The van der Waals surface area contributed by atoms with Crippen molar-refractivity contribution in [3.8, 4) is 34.4 Å². The molecule has 0 saturated heterocycles. The van der Waals surface area contributed by atoms with E-state index in [0.29, 0.717) is 0 Å². The summed E-state index contributed by atoms with van der Waals surface area (Å²) in [5.74, 6) is -2.93. The Balaban J connectivity index is 1.62. The number of pyridine rings is 1. The highest BCUT2D eigenvalue weighted by atomic mass is 28.3. The average Bonchev–Trinajstić information content (AvgIpc) is 3.37. The first-order chi connectivity index (χ1) is 34.4. The van der Waals surface area contributed by atoms with Crippen LogP contribution in [0.5, 0.6) is 23.1 Å². The molecule has 3 heterocycles. The summed E-state index contributed by atoms with van der Waals surface area (Å²) in [5.41, 5.74) is -3.36. The molecule has 2 aliphatic heterocycles. The van der Waals surface area contributed by atoms with Crippen LogP contribution in [-0.4, -0.2) is 19.8 Å². The fourth-order valence-electron chi connectivity index (χ4n) is 5.65. The highest BCUT2D eigenvalue weighted by Gasteiger charge is 2.44. The number of nitrogens with zero attached hydrogens (tertiary/aromatic N) is 1. The molecule has 1 aromatic heterocycles. The maximum absolute atomic E-state index is 9.91. The van der Waals surface area contributed by atoms with Crippen molar-refractivity contribution in [2.45, 2.75) is 0 Å². The number of aromatic nitrogens is 1. The summed E-state index contributed by atoms with van der Waals surface area (Å²) in [6.45, 7) is -1.72. The van der Waals surface area contributed by atoms with Crippen molar-refractivity contribution < 1.29 is 47.9 Å². The maximum Gasteiger partial charge on any atom is 0.262 e. The molecule has 5 heteroatoms. The molecule has 0 amide bonds. The number of ether oxygens (including phenoxy) is 2. The zero-order valence-electron chi connectivity index (χ0n) is 50.8. The summed E-state index contributed by atoms with van der Waals surface area (Å²) in [6, 6.07) is -30.8. The number of benzene rings is 6. The van der Waals surface area contributed by atoms with E-state index in [-0.39, 0.29) is 0 Å². The molecule has 6 aromatic carbocycles. The van der Waals surface area contributed by atoms with Gasteiger partial charge in [-0.1, -0.05) is 151 Å². The smallest absolute Gasteiger partial charge is 0.262 e. The molecule has 0 atom stereocenters. The summed E-state index contributed by atoms with van der Waals surface area (Å²) >= 11 is 0. The number of rotatable bonds is 5. The van der Waals surface area contributed by atoms with Gasteiger partial charge in [0.2, 0.25) is 5.88 Å². The van der Waals surface area contributed by atoms with E-state index in [4.69, 9.17) is 35.5 Å². The third-order valence-electron chi connectivity index (χ3n) is 7.47. The minimum absolute atomic E-state index is 0.411. The van der Waals surface area contributed by atoms with Gasteiger partial charge in [-0.25, -0.2) is 4.98 Å². The molecule has 3 nitrogen and oxygen atoms in total. The Morgan fingerprint density at radius 1 is 0.500 bits per heavy atom. The average molecular weight is 634 g/mol. The molecule has 216 valence electrons. The molecule has 0 unspecified atom stereocenters. The molecule has 7 aromatic rings. The second kappa shape index (κ2) is 10.8. The van der Waals surface area contributed by atoms with Gasteiger partial charge >= 0.3 is 0 Å². The second-order valence-electron chi connectivity index (χ2n) is 9.76. The fourth-order valence-corrected chi connectivity index (χ4v) is 9.45. The van der Waals surface area contributed by atoms with E-state index >= 15 is 0 Å². The third-order valence-corrected chi connectivity index (χ3v) is 11.6. The summed E-state index contributed by atoms with van der Waals surface area (Å²) in [7, 11) is -6.45. The van der Waals surface area contributed by atoms with Gasteiger partial charge in [0.15, 0.2) is 8.07 Å². The third kappa shape index (κ3) is 4.02. The van der Waals surface area contributed by atoms with E-state index in [9.17, 15) is 12.3 Å². The van der Waals surface area contributed by atoms with Crippen LogP contribution >= 0.6 is 0 Å². The standard InChI is InChI=1S/C41H28BNO2Si/c1-4-16-29(17-5-1)46(30-18-6-2-7-19-30,31-20-8-3-9-21-31)39-27-15-10-22-32(39)35-28-38-40-41(43-35)45-37-26-14-12-24-34(37)42(40)33-23-11-13-25-36(33)44-38/h1-28H/i1D,2D,3D,4D,5D,6D,7D,8D,9D,10D,11D,12D,13D,14D,15D,16D,17D,18D,19D,20D,21D,22D,23D,24D,25D,26D,27D,28D. The Hall–Kier alpha value is -5.65. The van der Waals surface area contributed by atoms with Gasteiger partial charge in [0.05, 0.1) is 44.1 Å². The molecular formula is C41H28BNO2Si. The molecule has 0 bridgehead atoms. The number of hydrogen-bond acceptors (Lipinski definition) is 3. The molecule has 0 radical (unpaired) electrons. The van der Waals surface area contributed by atoms with Gasteiger partial charge in [-0.3, -0.25) is 0 Å². The van der Waals surface area contributed by atoms with E-state index in [0.717, 1.165) is 0 Å². The Morgan fingerprint density at radius 2 is 0.978 bits per heavy atom. The van der Waals surface area contributed by atoms with E-state index in [1.807, 2.05) is 0 Å². The van der Waals surface area contributed by atoms with Gasteiger partial charge < -0.3 is 9.47 Å². The number of para-hydroxylation sites is 2.